The Morgan fingerprint density at radius 1 is 1.19 bits per heavy atom. The molecule has 1 N–H and O–H groups in total. The molecular formula is C16H17ClN2O2. The minimum Gasteiger partial charge on any atom is -0.490 e. The van der Waals surface area contributed by atoms with Crippen molar-refractivity contribution >= 4 is 17.5 Å². The van der Waals surface area contributed by atoms with E-state index in [1.165, 1.54) is 0 Å². The summed E-state index contributed by atoms with van der Waals surface area (Å²) >= 11 is 5.85. The third-order valence-electron chi connectivity index (χ3n) is 3.69. The predicted molar refractivity (Wildman–Crippen MR) is 81.8 cm³/mol. The second kappa shape index (κ2) is 6.22. The molecule has 1 aromatic carbocycles. The number of aromatic amines is 1. The molecular weight excluding hydrogens is 288 g/mol. The average molecular weight is 305 g/mol. The van der Waals surface area contributed by atoms with Gasteiger partial charge in [-0.2, -0.15) is 0 Å². The molecule has 0 unspecified atom stereocenters. The number of nitrogens with zero attached hydrogens (tertiary/aromatic N) is 1. The van der Waals surface area contributed by atoms with Crippen LogP contribution in [0.3, 0.4) is 0 Å². The molecule has 0 saturated carbocycles. The maximum Gasteiger partial charge on any atom is 0.255 e. The van der Waals surface area contributed by atoms with Crippen LogP contribution in [0.4, 0.5) is 0 Å². The van der Waals surface area contributed by atoms with Crippen LogP contribution in [-0.4, -0.2) is 35.0 Å². The number of benzene rings is 1. The molecule has 0 radical (unpaired) electrons. The van der Waals surface area contributed by atoms with Crippen LogP contribution in [0.1, 0.15) is 23.2 Å². The zero-order chi connectivity index (χ0) is 14.7. The SMILES string of the molecule is O=C(c1cc[nH]c1)N1CCC(Oc2ccc(Cl)cc2)CC1. The van der Waals surface area contributed by atoms with Crippen LogP contribution in [0.15, 0.2) is 42.7 Å². The highest BCUT2D eigenvalue weighted by Gasteiger charge is 2.24. The van der Waals surface area contributed by atoms with Gasteiger partial charge >= 0.3 is 0 Å². The topological polar surface area (TPSA) is 45.3 Å². The first kappa shape index (κ1) is 14.0. The van der Waals surface area contributed by atoms with E-state index in [-0.39, 0.29) is 12.0 Å². The lowest BCUT2D eigenvalue weighted by molar-refractivity contribution is 0.0596. The van der Waals surface area contributed by atoms with E-state index >= 15 is 0 Å². The molecule has 1 aliphatic heterocycles. The molecule has 2 heterocycles. The summed E-state index contributed by atoms with van der Waals surface area (Å²) in [4.78, 5) is 17.0. The van der Waals surface area contributed by atoms with Crippen molar-refractivity contribution in [2.24, 2.45) is 0 Å². The van der Waals surface area contributed by atoms with E-state index in [9.17, 15) is 4.79 Å². The van der Waals surface area contributed by atoms with Crippen molar-refractivity contribution in [3.05, 3.63) is 53.3 Å². The van der Waals surface area contributed by atoms with Gasteiger partial charge in [-0.15, -0.1) is 0 Å². The number of likely N-dealkylation sites (tertiary alicyclic amines) is 1. The van der Waals surface area contributed by atoms with Crippen LogP contribution in [0, 0.1) is 0 Å². The van der Waals surface area contributed by atoms with E-state index in [0.29, 0.717) is 10.6 Å². The summed E-state index contributed by atoms with van der Waals surface area (Å²) in [5, 5.41) is 0.703. The van der Waals surface area contributed by atoms with Gasteiger partial charge in [-0.3, -0.25) is 4.79 Å². The fourth-order valence-corrected chi connectivity index (χ4v) is 2.65. The van der Waals surface area contributed by atoms with Crippen LogP contribution < -0.4 is 4.74 Å². The lowest BCUT2D eigenvalue weighted by Gasteiger charge is -2.32. The number of nitrogens with one attached hydrogen (secondary N) is 1. The van der Waals surface area contributed by atoms with Gasteiger partial charge in [0.2, 0.25) is 0 Å². The maximum absolute atomic E-state index is 12.2. The smallest absolute Gasteiger partial charge is 0.255 e. The summed E-state index contributed by atoms with van der Waals surface area (Å²) in [5.74, 6) is 0.913. The number of aromatic nitrogens is 1. The standard InChI is InChI=1S/C16H17ClN2O2/c17-13-1-3-14(4-2-13)21-15-6-9-19(10-7-15)16(20)12-5-8-18-11-12/h1-5,8,11,15,18H,6-7,9-10H2. The highest BCUT2D eigenvalue weighted by molar-refractivity contribution is 6.30. The van der Waals surface area contributed by atoms with Crippen molar-refractivity contribution in [3.63, 3.8) is 0 Å². The van der Waals surface area contributed by atoms with Crippen molar-refractivity contribution in [3.8, 4) is 5.75 Å². The number of amides is 1. The average Bonchev–Trinajstić information content (AvgIpc) is 3.04. The first-order valence-electron chi connectivity index (χ1n) is 7.06. The Kier molecular flexibility index (Phi) is 4.15. The minimum atomic E-state index is 0.0844. The Balaban J connectivity index is 1.53. The van der Waals surface area contributed by atoms with Gasteiger partial charge in [0, 0.05) is 43.3 Å². The Morgan fingerprint density at radius 3 is 2.52 bits per heavy atom. The summed E-state index contributed by atoms with van der Waals surface area (Å²) in [6.45, 7) is 1.45. The molecule has 21 heavy (non-hydrogen) atoms. The number of carbonyl (C=O) groups excluding carboxylic acids is 1. The van der Waals surface area contributed by atoms with Gasteiger partial charge in [0.15, 0.2) is 0 Å². The number of hydrogen-bond donors (Lipinski definition) is 1. The Morgan fingerprint density at radius 2 is 1.90 bits per heavy atom. The summed E-state index contributed by atoms with van der Waals surface area (Å²) in [7, 11) is 0. The summed E-state index contributed by atoms with van der Waals surface area (Å²) in [5.41, 5.74) is 0.715. The number of piperidine rings is 1. The molecule has 1 amide bonds. The summed E-state index contributed by atoms with van der Waals surface area (Å²) in [6.07, 6.45) is 5.35. The number of halogens is 1. The van der Waals surface area contributed by atoms with E-state index in [4.69, 9.17) is 16.3 Å². The second-order valence-electron chi connectivity index (χ2n) is 5.16. The molecule has 0 spiro atoms. The first-order valence-corrected chi connectivity index (χ1v) is 7.44. The Hall–Kier alpha value is -1.94. The lowest BCUT2D eigenvalue weighted by atomic mass is 10.1. The monoisotopic (exact) mass is 304 g/mol. The zero-order valence-electron chi connectivity index (χ0n) is 11.6. The van der Waals surface area contributed by atoms with Gasteiger partial charge in [-0.1, -0.05) is 11.6 Å². The molecule has 110 valence electrons. The largest absolute Gasteiger partial charge is 0.490 e. The van der Waals surface area contributed by atoms with E-state index in [0.717, 1.165) is 31.7 Å². The molecule has 1 fully saturated rings. The van der Waals surface area contributed by atoms with E-state index < -0.39 is 0 Å². The fraction of sp³-hybridized carbons (Fsp3) is 0.312. The van der Waals surface area contributed by atoms with Crippen LogP contribution in [0.5, 0.6) is 5.75 Å². The molecule has 2 aromatic rings. The maximum atomic E-state index is 12.2. The van der Waals surface area contributed by atoms with Crippen LogP contribution in [0.2, 0.25) is 5.02 Å². The van der Waals surface area contributed by atoms with E-state index in [1.807, 2.05) is 29.2 Å². The zero-order valence-corrected chi connectivity index (χ0v) is 12.3. The van der Waals surface area contributed by atoms with Gasteiger partial charge in [0.1, 0.15) is 11.9 Å². The normalized spacial score (nSPS) is 16.0. The molecule has 3 rings (SSSR count). The van der Waals surface area contributed by atoms with Crippen LogP contribution in [0.25, 0.3) is 0 Å². The number of H-pyrrole nitrogens is 1. The highest BCUT2D eigenvalue weighted by Crippen LogP contribution is 2.21. The van der Waals surface area contributed by atoms with Crippen molar-refractivity contribution in [1.82, 2.24) is 9.88 Å². The van der Waals surface area contributed by atoms with E-state index in [1.54, 1.807) is 18.5 Å². The molecule has 5 heteroatoms. The van der Waals surface area contributed by atoms with Gasteiger partial charge in [0.05, 0.1) is 5.56 Å². The molecule has 4 nitrogen and oxygen atoms in total. The Bertz CT molecular complexity index is 587. The van der Waals surface area contributed by atoms with E-state index in [2.05, 4.69) is 4.98 Å². The first-order chi connectivity index (χ1) is 10.2. The quantitative estimate of drug-likeness (QED) is 0.945. The van der Waals surface area contributed by atoms with Crippen molar-refractivity contribution in [1.29, 1.82) is 0 Å². The summed E-state index contributed by atoms with van der Waals surface area (Å²) in [6, 6.07) is 9.20. The molecule has 0 aliphatic carbocycles. The number of ether oxygens (including phenoxy) is 1. The van der Waals surface area contributed by atoms with Gasteiger partial charge in [-0.25, -0.2) is 0 Å². The molecule has 0 bridgehead atoms. The third kappa shape index (κ3) is 3.39. The van der Waals surface area contributed by atoms with Crippen molar-refractivity contribution < 1.29 is 9.53 Å². The summed E-state index contributed by atoms with van der Waals surface area (Å²) < 4.78 is 5.93. The Labute approximate surface area is 128 Å². The molecule has 1 aliphatic rings. The third-order valence-corrected chi connectivity index (χ3v) is 3.94. The number of rotatable bonds is 3. The molecule has 1 saturated heterocycles. The van der Waals surface area contributed by atoms with Gasteiger partial charge in [-0.05, 0) is 30.3 Å². The number of carbonyl (C=O) groups is 1. The molecule has 1 aromatic heterocycles. The predicted octanol–water partition coefficient (Wildman–Crippen LogP) is 3.35. The highest BCUT2D eigenvalue weighted by atomic mass is 35.5. The number of hydrogen-bond acceptors (Lipinski definition) is 2. The van der Waals surface area contributed by atoms with Gasteiger partial charge in [0.25, 0.3) is 5.91 Å². The van der Waals surface area contributed by atoms with Crippen LogP contribution in [-0.2, 0) is 0 Å². The van der Waals surface area contributed by atoms with Crippen molar-refractivity contribution in [2.75, 3.05) is 13.1 Å². The lowest BCUT2D eigenvalue weighted by Crippen LogP contribution is -2.41. The minimum absolute atomic E-state index is 0.0844. The van der Waals surface area contributed by atoms with Crippen molar-refractivity contribution in [2.45, 2.75) is 18.9 Å². The van der Waals surface area contributed by atoms with Gasteiger partial charge < -0.3 is 14.6 Å². The molecule has 0 atom stereocenters. The second-order valence-corrected chi connectivity index (χ2v) is 5.60. The van der Waals surface area contributed by atoms with Crippen LogP contribution >= 0.6 is 11.6 Å². The fourth-order valence-electron chi connectivity index (χ4n) is 2.52.